The van der Waals surface area contributed by atoms with Crippen molar-refractivity contribution in [3.63, 3.8) is 0 Å². The molecule has 2 aromatic heterocycles. The molecule has 0 aliphatic carbocycles. The van der Waals surface area contributed by atoms with E-state index in [1.807, 2.05) is 6.92 Å². The summed E-state index contributed by atoms with van der Waals surface area (Å²) in [6.45, 7) is 1.91. The van der Waals surface area contributed by atoms with E-state index in [4.69, 9.17) is 11.6 Å². The Hall–Kier alpha value is -0.610. The summed E-state index contributed by atoms with van der Waals surface area (Å²) in [7, 11) is 0. The van der Waals surface area contributed by atoms with E-state index in [9.17, 15) is 0 Å². The minimum absolute atomic E-state index is 0.561. The van der Waals surface area contributed by atoms with Crippen LogP contribution in [0.1, 0.15) is 5.69 Å². The standard InChI is InChI=1S/C7H5BrClN3/c1-4-6(8)12-3-10-2-5(9)7(12)11-4/h2-3H,1H3. The first-order valence-corrected chi connectivity index (χ1v) is 4.51. The lowest BCUT2D eigenvalue weighted by Crippen LogP contribution is -1.86. The summed E-state index contributed by atoms with van der Waals surface area (Å²) in [6, 6.07) is 0. The number of hydrogen-bond donors (Lipinski definition) is 0. The van der Waals surface area contributed by atoms with Crippen LogP contribution in [-0.4, -0.2) is 14.4 Å². The summed E-state index contributed by atoms with van der Waals surface area (Å²) in [6.07, 6.45) is 3.25. The Morgan fingerprint density at radius 3 is 3.00 bits per heavy atom. The molecule has 3 nitrogen and oxygen atoms in total. The molecule has 2 aromatic rings. The summed E-state index contributed by atoms with van der Waals surface area (Å²) in [4.78, 5) is 8.20. The molecule has 0 amide bonds. The highest BCUT2D eigenvalue weighted by molar-refractivity contribution is 9.10. The number of aryl methyl sites for hydroxylation is 1. The van der Waals surface area contributed by atoms with Crippen molar-refractivity contribution in [1.29, 1.82) is 0 Å². The van der Waals surface area contributed by atoms with Crippen LogP contribution in [0.5, 0.6) is 0 Å². The molecule has 62 valence electrons. The first-order valence-electron chi connectivity index (χ1n) is 3.34. The smallest absolute Gasteiger partial charge is 0.159 e. The highest BCUT2D eigenvalue weighted by atomic mass is 79.9. The number of imidazole rings is 1. The van der Waals surface area contributed by atoms with Gasteiger partial charge in [-0.2, -0.15) is 0 Å². The largest absolute Gasteiger partial charge is 0.276 e. The molecule has 0 N–H and O–H groups in total. The maximum Gasteiger partial charge on any atom is 0.159 e. The maximum absolute atomic E-state index is 5.88. The van der Waals surface area contributed by atoms with Gasteiger partial charge >= 0.3 is 0 Å². The van der Waals surface area contributed by atoms with E-state index in [-0.39, 0.29) is 0 Å². The van der Waals surface area contributed by atoms with Gasteiger partial charge in [0.25, 0.3) is 0 Å². The summed E-state index contributed by atoms with van der Waals surface area (Å²) in [5.74, 6) is 0. The van der Waals surface area contributed by atoms with Crippen molar-refractivity contribution < 1.29 is 0 Å². The Morgan fingerprint density at radius 2 is 2.33 bits per heavy atom. The van der Waals surface area contributed by atoms with Gasteiger partial charge in [-0.15, -0.1) is 0 Å². The van der Waals surface area contributed by atoms with Crippen molar-refractivity contribution in [1.82, 2.24) is 14.4 Å². The van der Waals surface area contributed by atoms with Crippen molar-refractivity contribution in [3.8, 4) is 0 Å². The Labute approximate surface area is 82.5 Å². The molecule has 0 saturated carbocycles. The predicted octanol–water partition coefficient (Wildman–Crippen LogP) is 2.45. The van der Waals surface area contributed by atoms with Crippen LogP contribution in [0.4, 0.5) is 0 Å². The Kier molecular flexibility index (Phi) is 1.81. The average molecular weight is 246 g/mol. The zero-order valence-electron chi connectivity index (χ0n) is 6.25. The van der Waals surface area contributed by atoms with Gasteiger partial charge in [0.15, 0.2) is 5.65 Å². The van der Waals surface area contributed by atoms with Gasteiger partial charge in [0, 0.05) is 0 Å². The monoisotopic (exact) mass is 245 g/mol. The molecule has 0 aliphatic heterocycles. The highest BCUT2D eigenvalue weighted by Crippen LogP contribution is 2.21. The summed E-state index contributed by atoms with van der Waals surface area (Å²) in [5, 5.41) is 0.561. The summed E-state index contributed by atoms with van der Waals surface area (Å²) >= 11 is 9.26. The van der Waals surface area contributed by atoms with E-state index in [1.165, 1.54) is 0 Å². The minimum atomic E-state index is 0.561. The number of halogens is 2. The molecule has 0 unspecified atom stereocenters. The number of nitrogens with zero attached hydrogens (tertiary/aromatic N) is 3. The molecule has 0 bridgehead atoms. The SMILES string of the molecule is Cc1nc2c(Cl)cncn2c1Br. The van der Waals surface area contributed by atoms with E-state index in [0.29, 0.717) is 5.02 Å². The second-order valence-corrected chi connectivity index (χ2v) is 3.58. The molecule has 0 fully saturated rings. The van der Waals surface area contributed by atoms with Crippen LogP contribution in [0.2, 0.25) is 5.02 Å². The topological polar surface area (TPSA) is 30.2 Å². The van der Waals surface area contributed by atoms with Gasteiger partial charge in [-0.05, 0) is 22.9 Å². The van der Waals surface area contributed by atoms with Gasteiger partial charge in [-0.1, -0.05) is 11.6 Å². The van der Waals surface area contributed by atoms with Crippen molar-refractivity contribution in [3.05, 3.63) is 27.8 Å². The molecular formula is C7H5BrClN3. The Balaban J connectivity index is 2.95. The van der Waals surface area contributed by atoms with Gasteiger partial charge in [0.1, 0.15) is 16.0 Å². The van der Waals surface area contributed by atoms with Crippen LogP contribution in [0.15, 0.2) is 17.1 Å². The Morgan fingerprint density at radius 1 is 1.58 bits per heavy atom. The van der Waals surface area contributed by atoms with Crippen molar-refractivity contribution >= 4 is 33.2 Å². The maximum atomic E-state index is 5.88. The van der Waals surface area contributed by atoms with Crippen LogP contribution in [-0.2, 0) is 0 Å². The van der Waals surface area contributed by atoms with E-state index in [2.05, 4.69) is 25.9 Å². The fourth-order valence-corrected chi connectivity index (χ4v) is 1.56. The van der Waals surface area contributed by atoms with Crippen molar-refractivity contribution in [2.75, 3.05) is 0 Å². The van der Waals surface area contributed by atoms with Crippen LogP contribution >= 0.6 is 27.5 Å². The third-order valence-corrected chi connectivity index (χ3v) is 2.82. The van der Waals surface area contributed by atoms with Crippen LogP contribution < -0.4 is 0 Å². The van der Waals surface area contributed by atoms with Gasteiger partial charge in [0.2, 0.25) is 0 Å². The number of aromatic nitrogens is 3. The lowest BCUT2D eigenvalue weighted by molar-refractivity contribution is 1.06. The molecular weight excluding hydrogens is 241 g/mol. The van der Waals surface area contributed by atoms with Crippen LogP contribution in [0, 0.1) is 6.92 Å². The quantitative estimate of drug-likeness (QED) is 0.715. The Bertz CT molecular complexity index is 437. The van der Waals surface area contributed by atoms with E-state index >= 15 is 0 Å². The third-order valence-electron chi connectivity index (χ3n) is 1.60. The lowest BCUT2D eigenvalue weighted by Gasteiger charge is -1.93. The molecule has 5 heteroatoms. The van der Waals surface area contributed by atoms with Crippen LogP contribution in [0.25, 0.3) is 5.65 Å². The first-order chi connectivity index (χ1) is 5.70. The second-order valence-electron chi connectivity index (χ2n) is 2.42. The second kappa shape index (κ2) is 2.71. The average Bonchev–Trinajstić information content (AvgIpc) is 2.32. The lowest BCUT2D eigenvalue weighted by atomic mass is 10.6. The molecule has 0 atom stereocenters. The zero-order valence-corrected chi connectivity index (χ0v) is 8.59. The molecule has 0 saturated heterocycles. The van der Waals surface area contributed by atoms with E-state index < -0.39 is 0 Å². The van der Waals surface area contributed by atoms with E-state index in [1.54, 1.807) is 16.9 Å². The first kappa shape index (κ1) is 8.01. The predicted molar refractivity (Wildman–Crippen MR) is 50.4 cm³/mol. The molecule has 2 heterocycles. The minimum Gasteiger partial charge on any atom is -0.276 e. The van der Waals surface area contributed by atoms with Crippen LogP contribution in [0.3, 0.4) is 0 Å². The molecule has 0 aromatic carbocycles. The van der Waals surface area contributed by atoms with Gasteiger partial charge in [0.05, 0.1) is 11.9 Å². The molecule has 0 radical (unpaired) electrons. The van der Waals surface area contributed by atoms with Gasteiger partial charge in [-0.25, -0.2) is 9.97 Å². The highest BCUT2D eigenvalue weighted by Gasteiger charge is 2.07. The molecule has 0 spiro atoms. The fraction of sp³-hybridized carbons (Fsp3) is 0.143. The zero-order chi connectivity index (χ0) is 8.72. The molecule has 12 heavy (non-hydrogen) atoms. The third kappa shape index (κ3) is 1.03. The van der Waals surface area contributed by atoms with Gasteiger partial charge in [-0.3, -0.25) is 4.40 Å². The summed E-state index contributed by atoms with van der Waals surface area (Å²) in [5.41, 5.74) is 1.64. The summed E-state index contributed by atoms with van der Waals surface area (Å²) < 4.78 is 2.70. The number of hydrogen-bond acceptors (Lipinski definition) is 2. The van der Waals surface area contributed by atoms with Gasteiger partial charge < -0.3 is 0 Å². The van der Waals surface area contributed by atoms with Crippen molar-refractivity contribution in [2.24, 2.45) is 0 Å². The van der Waals surface area contributed by atoms with Crippen molar-refractivity contribution in [2.45, 2.75) is 6.92 Å². The fourth-order valence-electron chi connectivity index (χ4n) is 1.02. The number of rotatable bonds is 0. The molecule has 2 rings (SSSR count). The normalized spacial score (nSPS) is 10.9. The number of fused-ring (bicyclic) bond motifs is 1. The van der Waals surface area contributed by atoms with E-state index in [0.717, 1.165) is 15.9 Å². The molecule has 0 aliphatic rings.